The fraction of sp³-hybridized carbons (Fsp3) is 0.333. The van der Waals surface area contributed by atoms with Crippen molar-refractivity contribution in [3.63, 3.8) is 0 Å². The topological polar surface area (TPSA) is 95.6 Å². The van der Waals surface area contributed by atoms with Crippen molar-refractivity contribution in [1.82, 2.24) is 4.31 Å². The van der Waals surface area contributed by atoms with Crippen LogP contribution in [0.4, 0.5) is 11.4 Å². The second kappa shape index (κ2) is 8.69. The maximum Gasteiger partial charge on any atom is 0.263 e. The maximum atomic E-state index is 13.2. The van der Waals surface area contributed by atoms with Gasteiger partial charge < -0.3 is 5.32 Å². The molecular formula is C18H23Cl2N3O4S2. The van der Waals surface area contributed by atoms with Gasteiger partial charge in [0.1, 0.15) is 4.90 Å². The minimum atomic E-state index is -4.16. The van der Waals surface area contributed by atoms with E-state index in [0.29, 0.717) is 23.4 Å². The van der Waals surface area contributed by atoms with E-state index in [1.165, 1.54) is 32.3 Å². The number of nitrogens with zero attached hydrogens (tertiary/aromatic N) is 1. The average molecular weight is 480 g/mol. The molecule has 0 spiro atoms. The van der Waals surface area contributed by atoms with Gasteiger partial charge in [0.25, 0.3) is 10.0 Å². The summed E-state index contributed by atoms with van der Waals surface area (Å²) in [6.07, 6.45) is 0. The van der Waals surface area contributed by atoms with Crippen LogP contribution >= 0.6 is 23.2 Å². The molecule has 0 amide bonds. The largest absolute Gasteiger partial charge is 0.384 e. The van der Waals surface area contributed by atoms with E-state index < -0.39 is 20.0 Å². The normalized spacial score (nSPS) is 12.3. The first-order chi connectivity index (χ1) is 13.3. The summed E-state index contributed by atoms with van der Waals surface area (Å²) in [4.78, 5) is -0.195. The summed E-state index contributed by atoms with van der Waals surface area (Å²) in [7, 11) is -5.12. The number of sulfonamides is 2. The summed E-state index contributed by atoms with van der Waals surface area (Å²) >= 11 is 12.4. The third kappa shape index (κ3) is 4.80. The van der Waals surface area contributed by atoms with Crippen LogP contribution in [0.15, 0.2) is 34.1 Å². The fourth-order valence-corrected chi connectivity index (χ4v) is 5.87. The van der Waals surface area contributed by atoms with Gasteiger partial charge in [-0.3, -0.25) is 4.72 Å². The molecule has 0 fully saturated rings. The van der Waals surface area contributed by atoms with Crippen LogP contribution in [-0.2, 0) is 20.0 Å². The van der Waals surface area contributed by atoms with Crippen molar-refractivity contribution in [2.75, 3.05) is 30.7 Å². The smallest absolute Gasteiger partial charge is 0.263 e. The van der Waals surface area contributed by atoms with E-state index in [0.717, 1.165) is 4.31 Å². The van der Waals surface area contributed by atoms with Gasteiger partial charge in [-0.15, -0.1) is 0 Å². The van der Waals surface area contributed by atoms with E-state index in [4.69, 9.17) is 23.2 Å². The zero-order chi connectivity index (χ0) is 22.1. The minimum absolute atomic E-state index is 0.0491. The number of rotatable bonds is 7. The molecule has 0 unspecified atom stereocenters. The number of nitrogens with one attached hydrogen (secondary N) is 2. The Bertz CT molecular complexity index is 1120. The Kier molecular flexibility index (Phi) is 7.12. The number of anilines is 2. The molecule has 11 heteroatoms. The van der Waals surface area contributed by atoms with Crippen molar-refractivity contribution < 1.29 is 16.8 Å². The maximum absolute atomic E-state index is 13.2. The van der Waals surface area contributed by atoms with Crippen molar-refractivity contribution >= 4 is 54.6 Å². The SMILES string of the molecule is CCNc1ccc(S(=O)(=O)N(C)C)cc1NS(=O)(=O)c1c(C)c(Cl)cc(C)c1Cl. The first kappa shape index (κ1) is 23.8. The van der Waals surface area contributed by atoms with Gasteiger partial charge >= 0.3 is 0 Å². The molecule has 2 N–H and O–H groups in total. The third-order valence-electron chi connectivity index (χ3n) is 4.24. The highest BCUT2D eigenvalue weighted by Crippen LogP contribution is 2.36. The molecular weight excluding hydrogens is 457 g/mol. The highest BCUT2D eigenvalue weighted by molar-refractivity contribution is 7.93. The molecule has 2 aromatic carbocycles. The van der Waals surface area contributed by atoms with Gasteiger partial charge in [-0.05, 0) is 56.2 Å². The predicted octanol–water partition coefficient (Wildman–Crippen LogP) is 4.09. The highest BCUT2D eigenvalue weighted by atomic mass is 35.5. The van der Waals surface area contributed by atoms with Crippen LogP contribution in [0.25, 0.3) is 0 Å². The van der Waals surface area contributed by atoms with Gasteiger partial charge in [-0.2, -0.15) is 0 Å². The van der Waals surface area contributed by atoms with Crippen LogP contribution in [-0.4, -0.2) is 41.8 Å². The summed E-state index contributed by atoms with van der Waals surface area (Å²) in [5.74, 6) is 0. The number of hydrogen-bond donors (Lipinski definition) is 2. The molecule has 0 saturated heterocycles. The molecule has 0 aliphatic rings. The van der Waals surface area contributed by atoms with E-state index in [2.05, 4.69) is 10.0 Å². The molecule has 29 heavy (non-hydrogen) atoms. The zero-order valence-electron chi connectivity index (χ0n) is 16.7. The van der Waals surface area contributed by atoms with E-state index in [-0.39, 0.29) is 25.5 Å². The summed E-state index contributed by atoms with van der Waals surface area (Å²) in [6.45, 7) is 5.55. The van der Waals surface area contributed by atoms with Gasteiger partial charge in [0.15, 0.2) is 0 Å². The number of hydrogen-bond acceptors (Lipinski definition) is 5. The van der Waals surface area contributed by atoms with Gasteiger partial charge in [0, 0.05) is 25.7 Å². The van der Waals surface area contributed by atoms with Crippen molar-refractivity contribution in [2.45, 2.75) is 30.6 Å². The molecule has 0 atom stereocenters. The third-order valence-corrected chi connectivity index (χ3v) is 8.58. The molecule has 7 nitrogen and oxygen atoms in total. The van der Waals surface area contributed by atoms with Crippen LogP contribution in [0, 0.1) is 13.8 Å². The average Bonchev–Trinajstić information content (AvgIpc) is 2.61. The van der Waals surface area contributed by atoms with Gasteiger partial charge in [0.05, 0.1) is 21.3 Å². The first-order valence-corrected chi connectivity index (χ1v) is 12.3. The van der Waals surface area contributed by atoms with Gasteiger partial charge in [0.2, 0.25) is 10.0 Å². The van der Waals surface area contributed by atoms with Crippen LogP contribution in [0.1, 0.15) is 18.1 Å². The molecule has 2 aromatic rings. The summed E-state index contributed by atoms with van der Waals surface area (Å²) in [5.41, 5.74) is 1.33. The van der Waals surface area contributed by atoms with Gasteiger partial charge in [-0.25, -0.2) is 21.1 Å². The Balaban J connectivity index is 2.66. The Morgan fingerprint density at radius 3 is 2.17 bits per heavy atom. The molecule has 2 rings (SSSR count). The predicted molar refractivity (Wildman–Crippen MR) is 118 cm³/mol. The molecule has 0 radical (unpaired) electrons. The lowest BCUT2D eigenvalue weighted by Gasteiger charge is -2.19. The van der Waals surface area contributed by atoms with Gasteiger partial charge in [-0.1, -0.05) is 23.2 Å². The number of aryl methyl sites for hydroxylation is 1. The molecule has 0 bridgehead atoms. The molecule has 160 valence electrons. The standard InChI is InChI=1S/C18H23Cl2N3O4S2/c1-6-21-15-8-7-13(29(26,27)23(4)5)10-16(15)22-28(24,25)18-12(3)14(19)9-11(2)17(18)20/h7-10,21-22H,6H2,1-5H3. The lowest BCUT2D eigenvalue weighted by molar-refractivity contribution is 0.521. The Morgan fingerprint density at radius 2 is 1.62 bits per heavy atom. The second-order valence-electron chi connectivity index (χ2n) is 6.57. The van der Waals surface area contributed by atoms with Crippen LogP contribution in [0.5, 0.6) is 0 Å². The Labute approximate surface area is 182 Å². The molecule has 0 heterocycles. The summed E-state index contributed by atoms with van der Waals surface area (Å²) in [5, 5.41) is 3.34. The highest BCUT2D eigenvalue weighted by Gasteiger charge is 2.26. The zero-order valence-corrected chi connectivity index (χ0v) is 19.8. The van der Waals surface area contributed by atoms with Crippen molar-refractivity contribution in [3.8, 4) is 0 Å². The number of benzene rings is 2. The Hall–Kier alpha value is -1.52. The molecule has 0 aromatic heterocycles. The summed E-state index contributed by atoms with van der Waals surface area (Å²) in [6, 6.07) is 5.78. The molecule has 0 aliphatic carbocycles. The molecule has 0 saturated carbocycles. The quantitative estimate of drug-likeness (QED) is 0.623. The van der Waals surface area contributed by atoms with Crippen LogP contribution < -0.4 is 10.0 Å². The monoisotopic (exact) mass is 479 g/mol. The van der Waals surface area contributed by atoms with E-state index in [1.807, 2.05) is 6.92 Å². The first-order valence-electron chi connectivity index (χ1n) is 8.61. The lowest BCUT2D eigenvalue weighted by atomic mass is 10.2. The van der Waals surface area contributed by atoms with Crippen molar-refractivity contribution in [1.29, 1.82) is 0 Å². The van der Waals surface area contributed by atoms with Crippen LogP contribution in [0.3, 0.4) is 0 Å². The van der Waals surface area contributed by atoms with E-state index >= 15 is 0 Å². The van der Waals surface area contributed by atoms with Crippen LogP contribution in [0.2, 0.25) is 10.0 Å². The molecule has 0 aliphatic heterocycles. The van der Waals surface area contributed by atoms with Crippen molar-refractivity contribution in [2.24, 2.45) is 0 Å². The van der Waals surface area contributed by atoms with E-state index in [1.54, 1.807) is 19.9 Å². The minimum Gasteiger partial charge on any atom is -0.384 e. The second-order valence-corrected chi connectivity index (χ2v) is 11.1. The fourth-order valence-electron chi connectivity index (χ4n) is 2.65. The van der Waals surface area contributed by atoms with E-state index in [9.17, 15) is 16.8 Å². The Morgan fingerprint density at radius 1 is 1.00 bits per heavy atom. The number of halogens is 2. The summed E-state index contributed by atoms with van der Waals surface area (Å²) < 4.78 is 54.8. The van der Waals surface area contributed by atoms with Crippen molar-refractivity contribution in [3.05, 3.63) is 45.4 Å². The lowest BCUT2D eigenvalue weighted by Crippen LogP contribution is -2.23.